The molecule has 0 aliphatic rings. The highest BCUT2D eigenvalue weighted by Crippen LogP contribution is 2.35. The highest BCUT2D eigenvalue weighted by Gasteiger charge is 2.16. The number of nitrogens with two attached hydrogens (primary N) is 1. The molecular formula is C11H15Cl2NO. The smallest absolute Gasteiger partial charge is 0.152 e. The highest BCUT2D eigenvalue weighted by molar-refractivity contribution is 6.37. The summed E-state index contributed by atoms with van der Waals surface area (Å²) >= 11 is 11.6. The van der Waals surface area contributed by atoms with Crippen LogP contribution in [0.2, 0.25) is 10.0 Å². The van der Waals surface area contributed by atoms with Crippen LogP contribution in [0.1, 0.15) is 31.9 Å². The van der Waals surface area contributed by atoms with E-state index in [9.17, 15) is 5.11 Å². The number of hydrogen-bond acceptors (Lipinski definition) is 2. The predicted octanol–water partition coefficient (Wildman–Crippen LogP) is 3.74. The van der Waals surface area contributed by atoms with Crippen LogP contribution in [0.3, 0.4) is 0 Å². The minimum atomic E-state index is -0.106. The maximum absolute atomic E-state index is 9.40. The van der Waals surface area contributed by atoms with E-state index in [0.717, 1.165) is 12.0 Å². The van der Waals surface area contributed by atoms with Crippen LogP contribution in [0.25, 0.3) is 0 Å². The van der Waals surface area contributed by atoms with Gasteiger partial charge >= 0.3 is 0 Å². The largest absolute Gasteiger partial charge is 0.505 e. The first kappa shape index (κ1) is 12.6. The number of aromatic hydroxyl groups is 1. The molecule has 15 heavy (non-hydrogen) atoms. The molecule has 0 heterocycles. The Balaban J connectivity index is 3.06. The van der Waals surface area contributed by atoms with Gasteiger partial charge in [-0.1, -0.05) is 43.5 Å². The van der Waals surface area contributed by atoms with Crippen molar-refractivity contribution in [1.82, 2.24) is 0 Å². The molecular weight excluding hydrogens is 233 g/mol. The fourth-order valence-corrected chi connectivity index (χ4v) is 1.86. The Hall–Kier alpha value is -0.440. The van der Waals surface area contributed by atoms with Gasteiger partial charge in [-0.15, -0.1) is 0 Å². The van der Waals surface area contributed by atoms with Gasteiger partial charge in [-0.05, 0) is 23.6 Å². The molecule has 0 aliphatic carbocycles. The molecule has 1 unspecified atom stereocenters. The van der Waals surface area contributed by atoms with Crippen molar-refractivity contribution < 1.29 is 5.11 Å². The Morgan fingerprint density at radius 3 is 2.20 bits per heavy atom. The third-order valence-electron chi connectivity index (χ3n) is 2.68. The van der Waals surface area contributed by atoms with E-state index in [0.29, 0.717) is 5.92 Å². The minimum absolute atomic E-state index is 0.0848. The number of phenolic OH excluding ortho intramolecular Hbond substituents is 1. The Labute approximate surface area is 100.0 Å². The Kier molecular flexibility index (Phi) is 4.26. The van der Waals surface area contributed by atoms with Crippen molar-refractivity contribution >= 4 is 23.2 Å². The lowest BCUT2D eigenvalue weighted by Gasteiger charge is -2.19. The summed E-state index contributed by atoms with van der Waals surface area (Å²) in [6, 6.07) is 3.23. The highest BCUT2D eigenvalue weighted by atomic mass is 35.5. The molecule has 2 atom stereocenters. The van der Waals surface area contributed by atoms with Gasteiger partial charge in [0, 0.05) is 6.04 Å². The molecule has 1 rings (SSSR count). The number of hydrogen-bond donors (Lipinski definition) is 2. The molecule has 0 saturated carbocycles. The lowest BCUT2D eigenvalue weighted by atomic mass is 9.93. The summed E-state index contributed by atoms with van der Waals surface area (Å²) < 4.78 is 0. The molecule has 2 nitrogen and oxygen atoms in total. The summed E-state index contributed by atoms with van der Waals surface area (Å²) in [5, 5.41) is 9.90. The molecule has 0 saturated heterocycles. The van der Waals surface area contributed by atoms with Crippen LogP contribution in [-0.2, 0) is 0 Å². The minimum Gasteiger partial charge on any atom is -0.505 e. The Morgan fingerprint density at radius 2 is 1.80 bits per heavy atom. The monoisotopic (exact) mass is 247 g/mol. The molecule has 0 radical (unpaired) electrons. The quantitative estimate of drug-likeness (QED) is 0.855. The van der Waals surface area contributed by atoms with E-state index in [1.54, 1.807) is 12.1 Å². The van der Waals surface area contributed by atoms with Gasteiger partial charge in [-0.2, -0.15) is 0 Å². The fourth-order valence-electron chi connectivity index (χ4n) is 1.36. The van der Waals surface area contributed by atoms with Crippen LogP contribution >= 0.6 is 23.2 Å². The average Bonchev–Trinajstić information content (AvgIpc) is 2.23. The van der Waals surface area contributed by atoms with Crippen molar-refractivity contribution in [1.29, 1.82) is 0 Å². The molecule has 1 aromatic rings. The molecule has 0 spiro atoms. The number of halogens is 2. The first-order valence-corrected chi connectivity index (χ1v) is 5.66. The fraction of sp³-hybridized carbons (Fsp3) is 0.455. The second-order valence-electron chi connectivity index (χ2n) is 3.74. The SMILES string of the molecule is CCC(C)[C@H](N)c1cc(Cl)c(O)c(Cl)c1. The average molecular weight is 248 g/mol. The summed E-state index contributed by atoms with van der Waals surface area (Å²) in [6.07, 6.45) is 0.983. The van der Waals surface area contributed by atoms with Crippen LogP contribution in [0.5, 0.6) is 5.75 Å². The van der Waals surface area contributed by atoms with Crippen molar-refractivity contribution in [3.05, 3.63) is 27.7 Å². The first-order valence-electron chi connectivity index (χ1n) is 4.90. The van der Waals surface area contributed by atoms with Gasteiger partial charge in [0.25, 0.3) is 0 Å². The second kappa shape index (κ2) is 5.06. The summed E-state index contributed by atoms with van der Waals surface area (Å²) in [7, 11) is 0. The first-order chi connectivity index (χ1) is 6.97. The standard InChI is InChI=1S/C11H15Cl2NO/c1-3-6(2)10(14)7-4-8(12)11(15)9(13)5-7/h4-6,10,15H,3,14H2,1-2H3/t6?,10-/m0/s1. The molecule has 0 aliphatic heterocycles. The van der Waals surface area contributed by atoms with Gasteiger partial charge in [0.15, 0.2) is 5.75 Å². The molecule has 84 valence electrons. The van der Waals surface area contributed by atoms with Crippen LogP contribution in [-0.4, -0.2) is 5.11 Å². The van der Waals surface area contributed by atoms with E-state index in [4.69, 9.17) is 28.9 Å². The van der Waals surface area contributed by atoms with Crippen molar-refractivity contribution in [2.24, 2.45) is 11.7 Å². The Morgan fingerprint density at radius 1 is 1.33 bits per heavy atom. The van der Waals surface area contributed by atoms with Crippen molar-refractivity contribution in [2.45, 2.75) is 26.3 Å². The van der Waals surface area contributed by atoms with Gasteiger partial charge in [-0.3, -0.25) is 0 Å². The molecule has 0 aromatic heterocycles. The summed E-state index contributed by atoms with van der Waals surface area (Å²) in [5.74, 6) is 0.264. The Bertz CT molecular complexity index is 331. The maximum Gasteiger partial charge on any atom is 0.152 e. The topological polar surface area (TPSA) is 46.2 Å². The zero-order valence-electron chi connectivity index (χ0n) is 8.80. The van der Waals surface area contributed by atoms with Crippen LogP contribution < -0.4 is 5.73 Å². The summed E-state index contributed by atoms with van der Waals surface area (Å²) in [6.45, 7) is 4.15. The third kappa shape index (κ3) is 2.77. The molecule has 1 aromatic carbocycles. The lowest BCUT2D eigenvalue weighted by Crippen LogP contribution is -2.18. The van der Waals surface area contributed by atoms with E-state index in [1.807, 2.05) is 0 Å². The summed E-state index contributed by atoms with van der Waals surface area (Å²) in [4.78, 5) is 0. The van der Waals surface area contributed by atoms with Crippen molar-refractivity contribution in [3.8, 4) is 5.75 Å². The van der Waals surface area contributed by atoms with Gasteiger partial charge in [0.05, 0.1) is 10.0 Å². The van der Waals surface area contributed by atoms with Gasteiger partial charge in [0.2, 0.25) is 0 Å². The normalized spacial score (nSPS) is 15.0. The van der Waals surface area contributed by atoms with Crippen LogP contribution in [0, 0.1) is 5.92 Å². The molecule has 0 bridgehead atoms. The van der Waals surface area contributed by atoms with Gasteiger partial charge in [0.1, 0.15) is 0 Å². The zero-order valence-corrected chi connectivity index (χ0v) is 10.3. The number of rotatable bonds is 3. The third-order valence-corrected chi connectivity index (χ3v) is 3.26. The molecule has 0 fully saturated rings. The van der Waals surface area contributed by atoms with Crippen LogP contribution in [0.15, 0.2) is 12.1 Å². The van der Waals surface area contributed by atoms with Crippen molar-refractivity contribution in [3.63, 3.8) is 0 Å². The van der Waals surface area contributed by atoms with E-state index in [1.165, 1.54) is 0 Å². The zero-order chi connectivity index (χ0) is 11.6. The number of benzene rings is 1. The predicted molar refractivity (Wildman–Crippen MR) is 64.5 cm³/mol. The van der Waals surface area contributed by atoms with Gasteiger partial charge < -0.3 is 10.8 Å². The maximum atomic E-state index is 9.40. The van der Waals surface area contributed by atoms with E-state index in [2.05, 4.69) is 13.8 Å². The molecule has 3 N–H and O–H groups in total. The van der Waals surface area contributed by atoms with E-state index < -0.39 is 0 Å². The molecule has 0 amide bonds. The summed E-state index contributed by atoms with van der Waals surface area (Å²) in [5.41, 5.74) is 6.90. The lowest BCUT2D eigenvalue weighted by molar-refractivity contribution is 0.453. The van der Waals surface area contributed by atoms with Crippen LogP contribution in [0.4, 0.5) is 0 Å². The number of phenols is 1. The van der Waals surface area contributed by atoms with Crippen molar-refractivity contribution in [2.75, 3.05) is 0 Å². The molecule has 4 heteroatoms. The second-order valence-corrected chi connectivity index (χ2v) is 4.56. The van der Waals surface area contributed by atoms with Gasteiger partial charge in [-0.25, -0.2) is 0 Å². The van der Waals surface area contributed by atoms with E-state index >= 15 is 0 Å². The van der Waals surface area contributed by atoms with E-state index in [-0.39, 0.29) is 21.8 Å².